The topological polar surface area (TPSA) is 74.3 Å². The molecule has 0 aliphatic carbocycles. The molecule has 2 N–H and O–H groups in total. The highest BCUT2D eigenvalue weighted by molar-refractivity contribution is 5.69. The third-order valence-electron chi connectivity index (χ3n) is 2.01. The second-order valence-corrected chi connectivity index (χ2v) is 2.87. The maximum absolute atomic E-state index is 11.3. The maximum Gasteiger partial charge on any atom is 0.325 e. The van der Waals surface area contributed by atoms with E-state index in [4.69, 9.17) is 5.73 Å². The van der Waals surface area contributed by atoms with Gasteiger partial charge < -0.3 is 10.5 Å². The SMILES string of the molecule is COC(=O)Cn1c(C)c(N)ccc1=O. The first-order valence-corrected chi connectivity index (χ1v) is 4.09. The number of nitrogens with zero attached hydrogens (tertiary/aromatic N) is 1. The molecule has 0 radical (unpaired) electrons. The number of ether oxygens (including phenoxy) is 1. The minimum absolute atomic E-state index is 0.105. The van der Waals surface area contributed by atoms with E-state index in [9.17, 15) is 9.59 Å². The summed E-state index contributed by atoms with van der Waals surface area (Å²) in [5.74, 6) is -0.471. The molecule has 0 aliphatic heterocycles. The molecule has 0 atom stereocenters. The van der Waals surface area contributed by atoms with Gasteiger partial charge in [-0.05, 0) is 13.0 Å². The van der Waals surface area contributed by atoms with Crippen LogP contribution >= 0.6 is 0 Å². The molecule has 1 aromatic heterocycles. The third-order valence-corrected chi connectivity index (χ3v) is 2.01. The quantitative estimate of drug-likeness (QED) is 0.671. The van der Waals surface area contributed by atoms with Crippen LogP contribution in [0, 0.1) is 6.92 Å². The number of hydrogen-bond acceptors (Lipinski definition) is 4. The Balaban J connectivity index is 3.13. The lowest BCUT2D eigenvalue weighted by molar-refractivity contribution is -0.141. The minimum atomic E-state index is -0.471. The first-order valence-electron chi connectivity index (χ1n) is 4.09. The van der Waals surface area contributed by atoms with Crippen LogP contribution in [-0.4, -0.2) is 17.6 Å². The molecule has 0 saturated carbocycles. The monoisotopic (exact) mass is 196 g/mol. The van der Waals surface area contributed by atoms with Crippen LogP contribution in [0.5, 0.6) is 0 Å². The molecule has 5 heteroatoms. The molecule has 5 nitrogen and oxygen atoms in total. The molecule has 1 heterocycles. The van der Waals surface area contributed by atoms with Gasteiger partial charge in [0, 0.05) is 11.8 Å². The number of pyridine rings is 1. The number of methoxy groups -OCH3 is 1. The largest absolute Gasteiger partial charge is 0.468 e. The van der Waals surface area contributed by atoms with E-state index in [2.05, 4.69) is 4.74 Å². The van der Waals surface area contributed by atoms with Crippen LogP contribution in [0.4, 0.5) is 5.69 Å². The number of rotatable bonds is 2. The van der Waals surface area contributed by atoms with E-state index >= 15 is 0 Å². The second-order valence-electron chi connectivity index (χ2n) is 2.87. The summed E-state index contributed by atoms with van der Waals surface area (Å²) in [6.07, 6.45) is 0. The zero-order valence-corrected chi connectivity index (χ0v) is 8.11. The van der Waals surface area contributed by atoms with E-state index in [0.717, 1.165) is 0 Å². The molecule has 1 aromatic rings. The summed E-state index contributed by atoms with van der Waals surface area (Å²) in [5.41, 5.74) is 6.39. The zero-order chi connectivity index (χ0) is 10.7. The van der Waals surface area contributed by atoms with E-state index in [1.165, 1.54) is 23.8 Å². The predicted octanol–water partition coefficient (Wildman–Crippen LogP) is -0.0881. The van der Waals surface area contributed by atoms with Crippen molar-refractivity contribution in [2.24, 2.45) is 0 Å². The molecule has 0 fully saturated rings. The van der Waals surface area contributed by atoms with E-state index in [1.54, 1.807) is 6.92 Å². The molecule has 0 saturated heterocycles. The summed E-state index contributed by atoms with van der Waals surface area (Å²) in [7, 11) is 1.27. The summed E-state index contributed by atoms with van der Waals surface area (Å²) < 4.78 is 5.74. The molecule has 0 amide bonds. The number of nitrogen functional groups attached to an aromatic ring is 1. The lowest BCUT2D eigenvalue weighted by Crippen LogP contribution is -2.26. The molecule has 0 spiro atoms. The Labute approximate surface area is 81.1 Å². The predicted molar refractivity (Wildman–Crippen MR) is 51.9 cm³/mol. The van der Waals surface area contributed by atoms with Gasteiger partial charge in [-0.25, -0.2) is 0 Å². The van der Waals surface area contributed by atoms with Crippen molar-refractivity contribution in [2.75, 3.05) is 12.8 Å². The van der Waals surface area contributed by atoms with Crippen molar-refractivity contribution in [3.63, 3.8) is 0 Å². The van der Waals surface area contributed by atoms with E-state index in [1.807, 2.05) is 0 Å². The average molecular weight is 196 g/mol. The van der Waals surface area contributed by atoms with Gasteiger partial charge in [0.05, 0.1) is 12.8 Å². The van der Waals surface area contributed by atoms with Crippen molar-refractivity contribution in [1.29, 1.82) is 0 Å². The molecule has 0 aromatic carbocycles. The smallest absolute Gasteiger partial charge is 0.325 e. The van der Waals surface area contributed by atoms with Crippen molar-refractivity contribution in [3.05, 3.63) is 28.2 Å². The van der Waals surface area contributed by atoms with Crippen LogP contribution < -0.4 is 11.3 Å². The van der Waals surface area contributed by atoms with Crippen LogP contribution in [0.3, 0.4) is 0 Å². The van der Waals surface area contributed by atoms with Gasteiger partial charge in [0.15, 0.2) is 0 Å². The van der Waals surface area contributed by atoms with Gasteiger partial charge >= 0.3 is 5.97 Å². The first kappa shape index (κ1) is 10.3. The number of nitrogens with two attached hydrogens (primary N) is 1. The van der Waals surface area contributed by atoms with Gasteiger partial charge in [0.25, 0.3) is 5.56 Å². The molecule has 0 aliphatic rings. The number of aromatic nitrogens is 1. The number of carbonyl (C=O) groups excluding carboxylic acids is 1. The summed E-state index contributed by atoms with van der Waals surface area (Å²) in [6, 6.07) is 2.84. The highest BCUT2D eigenvalue weighted by Crippen LogP contribution is 2.05. The zero-order valence-electron chi connectivity index (χ0n) is 8.11. The maximum atomic E-state index is 11.3. The van der Waals surface area contributed by atoms with Crippen LogP contribution in [0.2, 0.25) is 0 Å². The van der Waals surface area contributed by atoms with Crippen molar-refractivity contribution in [1.82, 2.24) is 4.57 Å². The van der Waals surface area contributed by atoms with Gasteiger partial charge in [0.1, 0.15) is 6.54 Å². The molecular formula is C9H12N2O3. The fourth-order valence-corrected chi connectivity index (χ4v) is 1.08. The van der Waals surface area contributed by atoms with Crippen molar-refractivity contribution >= 4 is 11.7 Å². The third kappa shape index (κ3) is 1.93. The molecule has 0 unspecified atom stereocenters. The number of esters is 1. The summed E-state index contributed by atoms with van der Waals surface area (Å²) in [4.78, 5) is 22.3. The Hall–Kier alpha value is -1.78. The number of anilines is 1. The fourth-order valence-electron chi connectivity index (χ4n) is 1.08. The van der Waals surface area contributed by atoms with E-state index in [0.29, 0.717) is 11.4 Å². The van der Waals surface area contributed by atoms with Crippen LogP contribution in [0.15, 0.2) is 16.9 Å². The second kappa shape index (κ2) is 3.95. The van der Waals surface area contributed by atoms with Gasteiger partial charge in [0.2, 0.25) is 0 Å². The highest BCUT2D eigenvalue weighted by atomic mass is 16.5. The van der Waals surface area contributed by atoms with Crippen molar-refractivity contribution in [3.8, 4) is 0 Å². The Kier molecular flexibility index (Phi) is 2.91. The molecule has 76 valence electrons. The standard InChI is InChI=1S/C9H12N2O3/c1-6-7(10)3-4-8(12)11(6)5-9(13)14-2/h3-4H,5,10H2,1-2H3. The van der Waals surface area contributed by atoms with Gasteiger partial charge in [-0.1, -0.05) is 0 Å². The first-order chi connectivity index (χ1) is 6.56. The normalized spacial score (nSPS) is 9.86. The van der Waals surface area contributed by atoms with Gasteiger partial charge in [-0.3, -0.25) is 14.2 Å². The fraction of sp³-hybridized carbons (Fsp3) is 0.333. The summed E-state index contributed by atoms with van der Waals surface area (Å²) in [5, 5.41) is 0. The molecule has 14 heavy (non-hydrogen) atoms. The van der Waals surface area contributed by atoms with Gasteiger partial charge in [-0.2, -0.15) is 0 Å². The lowest BCUT2D eigenvalue weighted by atomic mass is 10.3. The Morgan fingerprint density at radius 2 is 2.21 bits per heavy atom. The highest BCUT2D eigenvalue weighted by Gasteiger charge is 2.07. The minimum Gasteiger partial charge on any atom is -0.468 e. The Bertz CT molecular complexity index is 409. The summed E-state index contributed by atoms with van der Waals surface area (Å²) >= 11 is 0. The van der Waals surface area contributed by atoms with Crippen LogP contribution in [-0.2, 0) is 16.1 Å². The van der Waals surface area contributed by atoms with Gasteiger partial charge in [-0.15, -0.1) is 0 Å². The lowest BCUT2D eigenvalue weighted by Gasteiger charge is -2.09. The van der Waals surface area contributed by atoms with E-state index < -0.39 is 5.97 Å². The number of carbonyl (C=O) groups is 1. The van der Waals surface area contributed by atoms with E-state index in [-0.39, 0.29) is 12.1 Å². The van der Waals surface area contributed by atoms with Crippen molar-refractivity contribution in [2.45, 2.75) is 13.5 Å². The molecule has 0 bridgehead atoms. The summed E-state index contributed by atoms with van der Waals surface area (Å²) in [6.45, 7) is 1.58. The molecular weight excluding hydrogens is 184 g/mol. The Morgan fingerprint density at radius 3 is 2.79 bits per heavy atom. The Morgan fingerprint density at radius 1 is 1.57 bits per heavy atom. The molecule has 1 rings (SSSR count). The average Bonchev–Trinajstić information content (AvgIpc) is 2.18. The number of hydrogen-bond donors (Lipinski definition) is 1. The van der Waals surface area contributed by atoms with Crippen LogP contribution in [0.1, 0.15) is 5.69 Å². The van der Waals surface area contributed by atoms with Crippen molar-refractivity contribution < 1.29 is 9.53 Å². The van der Waals surface area contributed by atoms with Crippen LogP contribution in [0.25, 0.3) is 0 Å².